The first kappa shape index (κ1) is 18.4. The van der Waals surface area contributed by atoms with Gasteiger partial charge in [-0.3, -0.25) is 14.5 Å². The van der Waals surface area contributed by atoms with E-state index in [9.17, 15) is 9.59 Å². The van der Waals surface area contributed by atoms with Crippen molar-refractivity contribution in [2.45, 2.75) is 6.10 Å². The van der Waals surface area contributed by atoms with Crippen LogP contribution in [0.1, 0.15) is 11.7 Å². The van der Waals surface area contributed by atoms with E-state index in [-0.39, 0.29) is 5.88 Å². The maximum Gasteiger partial charge on any atom is 0.351 e. The van der Waals surface area contributed by atoms with E-state index in [4.69, 9.17) is 9.47 Å². The average molecular weight is 391 g/mol. The summed E-state index contributed by atoms with van der Waals surface area (Å²) in [6.45, 7) is 0. The summed E-state index contributed by atoms with van der Waals surface area (Å²) in [5.74, 6) is -0.871. The lowest BCUT2D eigenvalue weighted by molar-refractivity contribution is -0.149. The number of hydrogen-bond acceptors (Lipinski definition) is 7. The molecule has 9 nitrogen and oxygen atoms in total. The van der Waals surface area contributed by atoms with Gasteiger partial charge in [0.05, 0.1) is 25.0 Å². The lowest BCUT2D eigenvalue weighted by Gasteiger charge is -2.17. The molecular weight excluding hydrogens is 374 g/mol. The topological polar surface area (TPSA) is 101 Å². The number of nitrogens with zero attached hydrogens (tertiary/aromatic N) is 5. The van der Waals surface area contributed by atoms with Crippen LogP contribution in [0.15, 0.2) is 66.0 Å². The molecule has 0 aliphatic rings. The highest BCUT2D eigenvalue weighted by Gasteiger charge is 2.26. The van der Waals surface area contributed by atoms with Crippen LogP contribution in [0.3, 0.4) is 0 Å². The molecule has 1 aromatic carbocycles. The van der Waals surface area contributed by atoms with E-state index in [1.165, 1.54) is 24.1 Å². The first-order chi connectivity index (χ1) is 14.0. The molecule has 0 fully saturated rings. The Bertz CT molecular complexity index is 1250. The second kappa shape index (κ2) is 7.55. The molecule has 4 rings (SSSR count). The van der Waals surface area contributed by atoms with E-state index >= 15 is 0 Å². The summed E-state index contributed by atoms with van der Waals surface area (Å²) in [7, 11) is 3.03. The number of pyridine rings is 1. The van der Waals surface area contributed by atoms with Crippen molar-refractivity contribution in [2.24, 2.45) is 7.05 Å². The van der Waals surface area contributed by atoms with E-state index in [2.05, 4.69) is 15.2 Å². The van der Waals surface area contributed by atoms with Crippen LogP contribution in [0.5, 0.6) is 5.88 Å². The number of aryl methyl sites for hydroxylation is 1. The molecule has 0 radical (unpaired) electrons. The second-order valence-electron chi connectivity index (χ2n) is 6.28. The Morgan fingerprint density at radius 1 is 1.21 bits per heavy atom. The number of rotatable bonds is 5. The van der Waals surface area contributed by atoms with Crippen LogP contribution in [0, 0.1) is 0 Å². The average Bonchev–Trinajstić information content (AvgIpc) is 3.18. The number of carbonyl (C=O) groups excluding carboxylic acids is 1. The fourth-order valence-electron chi connectivity index (χ4n) is 2.87. The zero-order valence-corrected chi connectivity index (χ0v) is 15.7. The first-order valence-corrected chi connectivity index (χ1v) is 8.73. The Kier molecular flexibility index (Phi) is 4.78. The molecule has 1 atom stereocenters. The van der Waals surface area contributed by atoms with Gasteiger partial charge in [0.2, 0.25) is 11.5 Å². The first-order valence-electron chi connectivity index (χ1n) is 8.73. The van der Waals surface area contributed by atoms with Crippen molar-refractivity contribution in [1.82, 2.24) is 24.5 Å². The molecule has 4 aromatic rings. The van der Waals surface area contributed by atoms with Gasteiger partial charge < -0.3 is 9.47 Å². The summed E-state index contributed by atoms with van der Waals surface area (Å²) in [4.78, 5) is 29.0. The van der Waals surface area contributed by atoms with Crippen LogP contribution in [-0.4, -0.2) is 37.6 Å². The Hall–Kier alpha value is -4.01. The third-order valence-electron chi connectivity index (χ3n) is 4.31. The van der Waals surface area contributed by atoms with Gasteiger partial charge in [-0.05, 0) is 18.2 Å². The van der Waals surface area contributed by atoms with Gasteiger partial charge in [0.15, 0.2) is 0 Å². The van der Waals surface area contributed by atoms with Crippen LogP contribution in [0.2, 0.25) is 0 Å². The summed E-state index contributed by atoms with van der Waals surface area (Å²) >= 11 is 0. The quantitative estimate of drug-likeness (QED) is 0.478. The summed E-state index contributed by atoms with van der Waals surface area (Å²) in [6.07, 6.45) is 5.35. The number of methoxy groups -OCH3 is 1. The smallest absolute Gasteiger partial charge is 0.351 e. The third kappa shape index (κ3) is 3.70. The van der Waals surface area contributed by atoms with Gasteiger partial charge in [0.25, 0.3) is 5.88 Å². The van der Waals surface area contributed by atoms with Crippen molar-refractivity contribution in [3.05, 3.63) is 77.0 Å². The molecule has 0 spiro atoms. The highest BCUT2D eigenvalue weighted by molar-refractivity contribution is 5.82. The van der Waals surface area contributed by atoms with Gasteiger partial charge in [-0.15, -0.1) is 5.10 Å². The summed E-state index contributed by atoms with van der Waals surface area (Å²) < 4.78 is 13.7. The summed E-state index contributed by atoms with van der Waals surface area (Å²) in [5, 5.41) is 9.12. The van der Waals surface area contributed by atoms with Crippen LogP contribution in [-0.2, 0) is 16.6 Å². The van der Waals surface area contributed by atoms with Crippen molar-refractivity contribution in [3.63, 3.8) is 0 Å². The van der Waals surface area contributed by atoms with Gasteiger partial charge in [0, 0.05) is 36.5 Å². The number of fused-ring (bicyclic) bond motifs is 1. The Morgan fingerprint density at radius 2 is 2.07 bits per heavy atom. The SMILES string of the molecule is COC(=O)C(Oc1nn(-c2cnn(C)c2)ccc1=O)c1ccc2ncccc2c1. The minimum Gasteiger partial charge on any atom is -0.466 e. The molecule has 3 aromatic heterocycles. The summed E-state index contributed by atoms with van der Waals surface area (Å²) in [5.41, 5.74) is 1.48. The number of hydrogen-bond donors (Lipinski definition) is 0. The van der Waals surface area contributed by atoms with E-state index in [1.54, 1.807) is 54.6 Å². The molecular formula is C20H17N5O4. The minimum atomic E-state index is -1.16. The molecule has 1 unspecified atom stereocenters. The van der Waals surface area contributed by atoms with Crippen molar-refractivity contribution >= 4 is 16.9 Å². The van der Waals surface area contributed by atoms with Crippen LogP contribution in [0.4, 0.5) is 0 Å². The van der Waals surface area contributed by atoms with Crippen LogP contribution < -0.4 is 10.2 Å². The lowest BCUT2D eigenvalue weighted by Crippen LogP contribution is -2.24. The molecule has 0 aliphatic heterocycles. The monoisotopic (exact) mass is 391 g/mol. The van der Waals surface area contributed by atoms with Crippen molar-refractivity contribution in [3.8, 4) is 11.6 Å². The highest BCUT2D eigenvalue weighted by Crippen LogP contribution is 2.24. The number of benzene rings is 1. The molecule has 0 saturated carbocycles. The van der Waals surface area contributed by atoms with Crippen LogP contribution >= 0.6 is 0 Å². The largest absolute Gasteiger partial charge is 0.466 e. The highest BCUT2D eigenvalue weighted by atomic mass is 16.6. The predicted octanol–water partition coefficient (Wildman–Crippen LogP) is 1.81. The van der Waals surface area contributed by atoms with Gasteiger partial charge in [-0.25, -0.2) is 9.48 Å². The standard InChI is InChI=1S/C20H17N5O4/c1-24-12-15(11-22-24)25-9-7-17(26)19(23-25)29-18(20(27)28-2)14-5-6-16-13(10-14)4-3-8-21-16/h3-12,18H,1-2H3. The Morgan fingerprint density at radius 3 is 2.83 bits per heavy atom. The van der Waals surface area contributed by atoms with Gasteiger partial charge >= 0.3 is 5.97 Å². The fraction of sp³-hybridized carbons (Fsp3) is 0.150. The molecule has 0 saturated heterocycles. The lowest BCUT2D eigenvalue weighted by atomic mass is 10.1. The maximum absolute atomic E-state index is 12.4. The van der Waals surface area contributed by atoms with Crippen LogP contribution in [0.25, 0.3) is 16.6 Å². The number of aromatic nitrogens is 5. The molecule has 0 N–H and O–H groups in total. The van der Waals surface area contributed by atoms with E-state index < -0.39 is 17.5 Å². The molecule has 29 heavy (non-hydrogen) atoms. The van der Waals surface area contributed by atoms with Gasteiger partial charge in [-0.1, -0.05) is 12.1 Å². The predicted molar refractivity (Wildman–Crippen MR) is 104 cm³/mol. The number of esters is 1. The normalized spacial score (nSPS) is 11.9. The molecule has 3 heterocycles. The minimum absolute atomic E-state index is 0.224. The third-order valence-corrected chi connectivity index (χ3v) is 4.31. The molecule has 146 valence electrons. The molecule has 0 bridgehead atoms. The summed E-state index contributed by atoms with van der Waals surface area (Å²) in [6, 6.07) is 10.2. The fourth-order valence-corrected chi connectivity index (χ4v) is 2.87. The second-order valence-corrected chi connectivity index (χ2v) is 6.28. The Balaban J connectivity index is 1.73. The van der Waals surface area contributed by atoms with Crippen molar-refractivity contribution in [2.75, 3.05) is 7.11 Å². The zero-order valence-electron chi connectivity index (χ0n) is 15.7. The van der Waals surface area contributed by atoms with E-state index in [0.717, 1.165) is 10.9 Å². The van der Waals surface area contributed by atoms with E-state index in [0.29, 0.717) is 11.3 Å². The van der Waals surface area contributed by atoms with Crippen molar-refractivity contribution in [1.29, 1.82) is 0 Å². The number of ether oxygens (including phenoxy) is 2. The zero-order chi connectivity index (χ0) is 20.4. The van der Waals surface area contributed by atoms with Crippen molar-refractivity contribution < 1.29 is 14.3 Å². The maximum atomic E-state index is 12.4. The van der Waals surface area contributed by atoms with Gasteiger partial charge in [0.1, 0.15) is 5.69 Å². The Labute approximate surface area is 165 Å². The molecule has 0 amide bonds. The molecule has 9 heteroatoms. The van der Waals surface area contributed by atoms with Gasteiger partial charge in [-0.2, -0.15) is 5.10 Å². The molecule has 0 aliphatic carbocycles. The van der Waals surface area contributed by atoms with E-state index in [1.807, 2.05) is 6.07 Å². The number of carbonyl (C=O) groups is 1.